The normalized spacial score (nSPS) is 32.5. The van der Waals surface area contributed by atoms with E-state index in [0.717, 1.165) is 5.56 Å². The molecule has 0 saturated heterocycles. The number of aliphatic hydroxyl groups excluding tert-OH is 1. The molecule has 0 heterocycles. The van der Waals surface area contributed by atoms with Gasteiger partial charge in [0, 0.05) is 12.5 Å². The van der Waals surface area contributed by atoms with Gasteiger partial charge < -0.3 is 10.8 Å². The molecule has 3 rings (SSSR count). The summed E-state index contributed by atoms with van der Waals surface area (Å²) >= 11 is 0. The minimum Gasteiger partial charge on any atom is -0.392 e. The first-order valence-electron chi connectivity index (χ1n) is 7.36. The molecule has 0 aliphatic heterocycles. The maximum atomic E-state index is 13.0. The van der Waals surface area contributed by atoms with Gasteiger partial charge in [0.05, 0.1) is 6.10 Å². The Bertz CT molecular complexity index is 421. The maximum Gasteiger partial charge on any atom is 0.123 e. The van der Waals surface area contributed by atoms with Gasteiger partial charge in [-0.1, -0.05) is 25.0 Å². The van der Waals surface area contributed by atoms with Crippen molar-refractivity contribution < 1.29 is 9.50 Å². The third-order valence-electron chi connectivity index (χ3n) is 5.08. The highest BCUT2D eigenvalue weighted by molar-refractivity contribution is 5.23. The predicted octanol–water partition coefficient (Wildman–Crippen LogP) is 2.67. The molecule has 1 aromatic carbocycles. The summed E-state index contributed by atoms with van der Waals surface area (Å²) in [5.41, 5.74) is 6.80. The van der Waals surface area contributed by atoms with Crippen molar-refractivity contribution in [1.29, 1.82) is 0 Å². The fraction of sp³-hybridized carbons (Fsp3) is 0.625. The van der Waals surface area contributed by atoms with E-state index in [2.05, 4.69) is 0 Å². The molecule has 2 saturated carbocycles. The Morgan fingerprint density at radius 2 is 1.74 bits per heavy atom. The van der Waals surface area contributed by atoms with Crippen LogP contribution >= 0.6 is 0 Å². The molecule has 0 bridgehead atoms. The van der Waals surface area contributed by atoms with Gasteiger partial charge >= 0.3 is 0 Å². The molecule has 0 amide bonds. The number of benzene rings is 1. The van der Waals surface area contributed by atoms with E-state index < -0.39 is 0 Å². The quantitative estimate of drug-likeness (QED) is 0.877. The van der Waals surface area contributed by atoms with Crippen molar-refractivity contribution in [3.8, 4) is 0 Å². The molecule has 0 spiro atoms. The van der Waals surface area contributed by atoms with E-state index in [1.54, 1.807) is 12.1 Å². The van der Waals surface area contributed by atoms with Gasteiger partial charge in [0.1, 0.15) is 5.82 Å². The van der Waals surface area contributed by atoms with Crippen molar-refractivity contribution in [1.82, 2.24) is 0 Å². The number of hydrogen-bond donors (Lipinski definition) is 2. The minimum absolute atomic E-state index is 0.0591. The van der Waals surface area contributed by atoms with E-state index in [4.69, 9.17) is 5.73 Å². The van der Waals surface area contributed by atoms with Crippen LogP contribution in [-0.4, -0.2) is 17.8 Å². The Morgan fingerprint density at radius 1 is 1.16 bits per heavy atom. The zero-order valence-electron chi connectivity index (χ0n) is 11.1. The minimum atomic E-state index is -0.372. The molecule has 1 aromatic rings. The first kappa shape index (κ1) is 13.1. The fourth-order valence-electron chi connectivity index (χ4n) is 4.01. The lowest BCUT2D eigenvalue weighted by atomic mass is 9.89. The first-order valence-corrected chi connectivity index (χ1v) is 7.36. The Labute approximate surface area is 113 Å². The van der Waals surface area contributed by atoms with Gasteiger partial charge in [-0.05, 0) is 48.3 Å². The molecule has 104 valence electrons. The number of aliphatic hydroxyl groups is 1. The average molecular weight is 263 g/mol. The van der Waals surface area contributed by atoms with Gasteiger partial charge in [-0.3, -0.25) is 0 Å². The summed E-state index contributed by atoms with van der Waals surface area (Å²) in [5, 5.41) is 10.6. The second-order valence-corrected chi connectivity index (χ2v) is 6.07. The predicted molar refractivity (Wildman–Crippen MR) is 73.1 cm³/mol. The fourth-order valence-corrected chi connectivity index (χ4v) is 4.01. The lowest BCUT2D eigenvalue weighted by Crippen LogP contribution is -2.28. The van der Waals surface area contributed by atoms with Gasteiger partial charge in [0.15, 0.2) is 0 Å². The molecule has 4 atom stereocenters. The summed E-state index contributed by atoms with van der Waals surface area (Å²) in [4.78, 5) is 0. The van der Waals surface area contributed by atoms with E-state index in [1.807, 2.05) is 0 Å². The number of fused-ring (bicyclic) bond motifs is 1. The van der Waals surface area contributed by atoms with Crippen LogP contribution in [0.4, 0.5) is 4.39 Å². The molecule has 0 radical (unpaired) electrons. The SMILES string of the molecule is NCC(c1ccc(F)cc1)C(O)C1C2CCCCC21. The van der Waals surface area contributed by atoms with Crippen molar-refractivity contribution in [3.05, 3.63) is 35.6 Å². The van der Waals surface area contributed by atoms with Gasteiger partial charge in [-0.15, -0.1) is 0 Å². The lowest BCUT2D eigenvalue weighted by Gasteiger charge is -2.22. The van der Waals surface area contributed by atoms with Crippen LogP contribution in [0.5, 0.6) is 0 Å². The van der Waals surface area contributed by atoms with Gasteiger partial charge in [0.25, 0.3) is 0 Å². The lowest BCUT2D eigenvalue weighted by molar-refractivity contribution is 0.112. The van der Waals surface area contributed by atoms with Crippen molar-refractivity contribution in [2.75, 3.05) is 6.54 Å². The van der Waals surface area contributed by atoms with Crippen molar-refractivity contribution in [3.63, 3.8) is 0 Å². The summed E-state index contributed by atoms with van der Waals surface area (Å²) in [5.74, 6) is 1.53. The highest BCUT2D eigenvalue weighted by atomic mass is 19.1. The molecule has 3 N–H and O–H groups in total. The van der Waals surface area contributed by atoms with Gasteiger partial charge in [-0.25, -0.2) is 4.39 Å². The van der Waals surface area contributed by atoms with Crippen molar-refractivity contribution in [2.45, 2.75) is 37.7 Å². The van der Waals surface area contributed by atoms with E-state index in [-0.39, 0.29) is 17.8 Å². The van der Waals surface area contributed by atoms with Crippen LogP contribution in [0.25, 0.3) is 0 Å². The Hall–Kier alpha value is -0.930. The molecular formula is C16H22FNO. The number of nitrogens with two attached hydrogens (primary N) is 1. The van der Waals surface area contributed by atoms with E-state index in [0.29, 0.717) is 24.3 Å². The zero-order chi connectivity index (χ0) is 13.4. The van der Waals surface area contributed by atoms with Crippen LogP contribution in [0.2, 0.25) is 0 Å². The monoisotopic (exact) mass is 263 g/mol. The van der Waals surface area contributed by atoms with Crippen LogP contribution in [-0.2, 0) is 0 Å². The summed E-state index contributed by atoms with van der Waals surface area (Å²) in [6.07, 6.45) is 4.74. The van der Waals surface area contributed by atoms with Crippen LogP contribution in [0.3, 0.4) is 0 Å². The molecule has 0 aromatic heterocycles. The van der Waals surface area contributed by atoms with Crippen LogP contribution in [0, 0.1) is 23.6 Å². The summed E-state index contributed by atoms with van der Waals surface area (Å²) in [7, 11) is 0. The zero-order valence-corrected chi connectivity index (χ0v) is 11.1. The van der Waals surface area contributed by atoms with Crippen LogP contribution < -0.4 is 5.73 Å². The molecule has 2 fully saturated rings. The van der Waals surface area contributed by atoms with Gasteiger partial charge in [-0.2, -0.15) is 0 Å². The second kappa shape index (κ2) is 5.22. The van der Waals surface area contributed by atoms with E-state index in [9.17, 15) is 9.50 Å². The topological polar surface area (TPSA) is 46.2 Å². The molecule has 3 heteroatoms. The number of hydrogen-bond acceptors (Lipinski definition) is 2. The van der Waals surface area contributed by atoms with Gasteiger partial charge in [0.2, 0.25) is 0 Å². The second-order valence-electron chi connectivity index (χ2n) is 6.07. The Balaban J connectivity index is 1.73. The smallest absolute Gasteiger partial charge is 0.123 e. The third-order valence-corrected chi connectivity index (χ3v) is 5.08. The summed E-state index contributed by atoms with van der Waals surface area (Å²) in [6.45, 7) is 0.419. The number of rotatable bonds is 4. The van der Waals surface area contributed by atoms with E-state index >= 15 is 0 Å². The molecular weight excluding hydrogens is 241 g/mol. The molecule has 19 heavy (non-hydrogen) atoms. The molecule has 2 aliphatic carbocycles. The molecule has 2 nitrogen and oxygen atoms in total. The maximum absolute atomic E-state index is 13.0. The molecule has 2 aliphatic rings. The Kier molecular flexibility index (Phi) is 3.59. The largest absolute Gasteiger partial charge is 0.392 e. The summed E-state index contributed by atoms with van der Waals surface area (Å²) in [6, 6.07) is 6.40. The Morgan fingerprint density at radius 3 is 2.26 bits per heavy atom. The van der Waals surface area contributed by atoms with E-state index in [1.165, 1.54) is 37.8 Å². The highest BCUT2D eigenvalue weighted by Crippen LogP contribution is 2.58. The van der Waals surface area contributed by atoms with Crippen molar-refractivity contribution >= 4 is 0 Å². The van der Waals surface area contributed by atoms with Crippen LogP contribution in [0.1, 0.15) is 37.2 Å². The average Bonchev–Trinajstić information content (AvgIpc) is 3.16. The first-order chi connectivity index (χ1) is 9.22. The van der Waals surface area contributed by atoms with Crippen molar-refractivity contribution in [2.24, 2.45) is 23.5 Å². The van der Waals surface area contributed by atoms with Crippen LogP contribution in [0.15, 0.2) is 24.3 Å². The third kappa shape index (κ3) is 2.41. The highest BCUT2D eigenvalue weighted by Gasteiger charge is 2.55. The molecule has 4 unspecified atom stereocenters. The standard InChI is InChI=1S/C16H22FNO/c17-11-7-5-10(6-8-11)14(9-18)16(19)15-12-3-1-2-4-13(12)15/h5-8,12-16,19H,1-4,9,18H2. The summed E-state index contributed by atoms with van der Waals surface area (Å²) < 4.78 is 13.0. The number of halogens is 1.